The SMILES string of the molecule is CCC(NC(=O)[C@@H](CC)NC(=O)OCC1c2ccccc2-c2ccccc21)C(=O)O. The molecule has 1 aliphatic rings. The van der Waals surface area contributed by atoms with E-state index < -0.39 is 30.1 Å². The highest BCUT2D eigenvalue weighted by Gasteiger charge is 2.30. The number of aliphatic carboxylic acids is 1. The van der Waals surface area contributed by atoms with Gasteiger partial charge in [-0.25, -0.2) is 9.59 Å². The second-order valence-electron chi connectivity index (χ2n) is 7.24. The number of hydrogen-bond donors (Lipinski definition) is 3. The molecule has 3 N–H and O–H groups in total. The predicted octanol–water partition coefficient (Wildman–Crippen LogP) is 3.28. The molecule has 7 heteroatoms. The molecule has 0 saturated carbocycles. The van der Waals surface area contributed by atoms with E-state index in [4.69, 9.17) is 9.84 Å². The molecule has 0 heterocycles. The maximum atomic E-state index is 12.4. The van der Waals surface area contributed by atoms with Gasteiger partial charge < -0.3 is 20.5 Å². The molecule has 1 aliphatic carbocycles. The minimum absolute atomic E-state index is 0.0754. The number of carboxylic acid groups (broad SMARTS) is 1. The van der Waals surface area contributed by atoms with E-state index in [0.717, 1.165) is 22.3 Å². The van der Waals surface area contributed by atoms with Gasteiger partial charge in [0.2, 0.25) is 5.91 Å². The van der Waals surface area contributed by atoms with Crippen molar-refractivity contribution in [3.63, 3.8) is 0 Å². The lowest BCUT2D eigenvalue weighted by atomic mass is 9.98. The molecule has 0 bridgehead atoms. The Morgan fingerprint density at radius 1 is 0.900 bits per heavy atom. The van der Waals surface area contributed by atoms with E-state index in [1.807, 2.05) is 36.4 Å². The second kappa shape index (κ2) is 9.43. The fourth-order valence-corrected chi connectivity index (χ4v) is 3.75. The lowest BCUT2D eigenvalue weighted by Gasteiger charge is -2.20. The number of hydrogen-bond acceptors (Lipinski definition) is 4. The molecule has 158 valence electrons. The van der Waals surface area contributed by atoms with Gasteiger partial charge in [-0.15, -0.1) is 0 Å². The number of ether oxygens (including phenoxy) is 1. The van der Waals surface area contributed by atoms with Crippen molar-refractivity contribution in [2.45, 2.75) is 44.7 Å². The minimum Gasteiger partial charge on any atom is -0.480 e. The number of carbonyl (C=O) groups excluding carboxylic acids is 2. The fraction of sp³-hybridized carbons (Fsp3) is 0.348. The lowest BCUT2D eigenvalue weighted by molar-refractivity contribution is -0.142. The Morgan fingerprint density at radius 2 is 1.43 bits per heavy atom. The summed E-state index contributed by atoms with van der Waals surface area (Å²) in [5.41, 5.74) is 4.46. The van der Waals surface area contributed by atoms with Crippen LogP contribution >= 0.6 is 0 Å². The van der Waals surface area contributed by atoms with Crippen LogP contribution in [0.1, 0.15) is 43.7 Å². The van der Waals surface area contributed by atoms with Crippen LogP contribution in [0.4, 0.5) is 4.79 Å². The van der Waals surface area contributed by atoms with Crippen LogP contribution in [0, 0.1) is 0 Å². The zero-order valence-corrected chi connectivity index (χ0v) is 17.1. The van der Waals surface area contributed by atoms with E-state index in [2.05, 4.69) is 22.8 Å². The number of carbonyl (C=O) groups is 3. The summed E-state index contributed by atoms with van der Waals surface area (Å²) < 4.78 is 5.45. The third-order valence-corrected chi connectivity index (χ3v) is 5.38. The van der Waals surface area contributed by atoms with Crippen LogP contribution in [0.2, 0.25) is 0 Å². The number of fused-ring (bicyclic) bond motifs is 3. The molecule has 0 saturated heterocycles. The van der Waals surface area contributed by atoms with Crippen LogP contribution in [0.3, 0.4) is 0 Å². The highest BCUT2D eigenvalue weighted by molar-refractivity contribution is 5.89. The van der Waals surface area contributed by atoms with E-state index in [9.17, 15) is 14.4 Å². The van der Waals surface area contributed by atoms with E-state index in [-0.39, 0.29) is 18.9 Å². The number of alkyl carbamates (subject to hydrolysis) is 1. The average molecular weight is 410 g/mol. The molecule has 0 aromatic heterocycles. The number of carboxylic acids is 1. The number of amides is 2. The summed E-state index contributed by atoms with van der Waals surface area (Å²) in [6, 6.07) is 14.2. The van der Waals surface area contributed by atoms with Gasteiger partial charge in [0.25, 0.3) is 0 Å². The van der Waals surface area contributed by atoms with Gasteiger partial charge in [0.1, 0.15) is 18.7 Å². The summed E-state index contributed by atoms with van der Waals surface area (Å²) >= 11 is 0. The number of rotatable bonds is 8. The van der Waals surface area contributed by atoms with Crippen molar-refractivity contribution in [3.05, 3.63) is 59.7 Å². The van der Waals surface area contributed by atoms with Crippen molar-refractivity contribution in [1.29, 1.82) is 0 Å². The number of nitrogens with one attached hydrogen (secondary N) is 2. The minimum atomic E-state index is -1.11. The normalized spacial score (nSPS) is 14.2. The van der Waals surface area contributed by atoms with Gasteiger partial charge in [-0.2, -0.15) is 0 Å². The van der Waals surface area contributed by atoms with E-state index in [1.54, 1.807) is 13.8 Å². The van der Waals surface area contributed by atoms with E-state index >= 15 is 0 Å². The van der Waals surface area contributed by atoms with Gasteiger partial charge in [-0.05, 0) is 35.1 Å². The van der Waals surface area contributed by atoms with Crippen LogP contribution < -0.4 is 10.6 Å². The highest BCUT2D eigenvalue weighted by atomic mass is 16.5. The standard InChI is InChI=1S/C23H26N2O5/c1-3-19(21(26)24-20(4-2)22(27)28)25-23(29)30-13-18-16-11-7-5-9-14(16)15-10-6-8-12-17(15)18/h5-12,18-20H,3-4,13H2,1-2H3,(H,24,26)(H,25,29)(H,27,28)/t19-,20?/m1/s1. The molecule has 1 unspecified atom stereocenters. The number of benzene rings is 2. The molecule has 2 aromatic carbocycles. The zero-order valence-electron chi connectivity index (χ0n) is 17.1. The quantitative estimate of drug-likeness (QED) is 0.619. The van der Waals surface area contributed by atoms with Gasteiger partial charge >= 0.3 is 12.1 Å². The van der Waals surface area contributed by atoms with Crippen LogP contribution in [0.25, 0.3) is 11.1 Å². The molecule has 2 aromatic rings. The molecule has 0 fully saturated rings. The van der Waals surface area contributed by atoms with Gasteiger partial charge in [0, 0.05) is 5.92 Å². The summed E-state index contributed by atoms with van der Waals surface area (Å²) in [5, 5.41) is 14.1. The van der Waals surface area contributed by atoms with Crippen molar-refractivity contribution in [3.8, 4) is 11.1 Å². The molecule has 0 aliphatic heterocycles. The first-order chi connectivity index (χ1) is 14.5. The van der Waals surface area contributed by atoms with E-state index in [0.29, 0.717) is 6.42 Å². The topological polar surface area (TPSA) is 105 Å². The maximum absolute atomic E-state index is 12.4. The molecule has 0 spiro atoms. The summed E-state index contributed by atoms with van der Waals surface area (Å²) in [6.07, 6.45) is -0.142. The molecule has 2 amide bonds. The van der Waals surface area contributed by atoms with Gasteiger partial charge in [0.05, 0.1) is 0 Å². The first kappa shape index (κ1) is 21.4. The summed E-state index contributed by atoms with van der Waals surface area (Å²) in [7, 11) is 0. The molecule has 30 heavy (non-hydrogen) atoms. The first-order valence-electron chi connectivity index (χ1n) is 10.1. The van der Waals surface area contributed by atoms with Crippen molar-refractivity contribution < 1.29 is 24.2 Å². The molecular formula is C23H26N2O5. The Bertz CT molecular complexity index is 897. The smallest absolute Gasteiger partial charge is 0.407 e. The molecular weight excluding hydrogens is 384 g/mol. The van der Waals surface area contributed by atoms with Crippen LogP contribution in [-0.2, 0) is 14.3 Å². The Hall–Kier alpha value is -3.35. The average Bonchev–Trinajstić information content (AvgIpc) is 3.07. The van der Waals surface area contributed by atoms with Gasteiger partial charge in [-0.1, -0.05) is 62.4 Å². The first-order valence-corrected chi connectivity index (χ1v) is 10.1. The molecule has 2 atom stereocenters. The van der Waals surface area contributed by atoms with Crippen molar-refractivity contribution >= 4 is 18.0 Å². The van der Waals surface area contributed by atoms with Gasteiger partial charge in [-0.3, -0.25) is 4.79 Å². The summed E-state index contributed by atoms with van der Waals surface area (Å²) in [6.45, 7) is 3.54. The second-order valence-corrected chi connectivity index (χ2v) is 7.24. The summed E-state index contributed by atoms with van der Waals surface area (Å²) in [5.74, 6) is -1.73. The highest BCUT2D eigenvalue weighted by Crippen LogP contribution is 2.44. The molecule has 7 nitrogen and oxygen atoms in total. The monoisotopic (exact) mass is 410 g/mol. The zero-order chi connectivity index (χ0) is 21.7. The van der Waals surface area contributed by atoms with Crippen LogP contribution in [0.5, 0.6) is 0 Å². The Labute approximate surface area is 175 Å². The Kier molecular flexibility index (Phi) is 6.72. The Morgan fingerprint density at radius 3 is 1.93 bits per heavy atom. The van der Waals surface area contributed by atoms with Crippen molar-refractivity contribution in [2.24, 2.45) is 0 Å². The van der Waals surface area contributed by atoms with E-state index in [1.165, 1.54) is 0 Å². The fourth-order valence-electron chi connectivity index (χ4n) is 3.75. The largest absolute Gasteiger partial charge is 0.480 e. The van der Waals surface area contributed by atoms with Crippen LogP contribution in [-0.4, -0.2) is 41.8 Å². The maximum Gasteiger partial charge on any atom is 0.407 e. The third kappa shape index (κ3) is 4.45. The lowest BCUT2D eigenvalue weighted by Crippen LogP contribution is -2.51. The third-order valence-electron chi connectivity index (χ3n) is 5.38. The van der Waals surface area contributed by atoms with Crippen LogP contribution in [0.15, 0.2) is 48.5 Å². The van der Waals surface area contributed by atoms with Crippen molar-refractivity contribution in [2.75, 3.05) is 6.61 Å². The van der Waals surface area contributed by atoms with Crippen molar-refractivity contribution in [1.82, 2.24) is 10.6 Å². The molecule has 0 radical (unpaired) electrons. The summed E-state index contributed by atoms with van der Waals surface area (Å²) in [4.78, 5) is 35.8. The predicted molar refractivity (Wildman–Crippen MR) is 112 cm³/mol. The Balaban J connectivity index is 1.63. The molecule has 3 rings (SSSR count). The van der Waals surface area contributed by atoms with Gasteiger partial charge in [0.15, 0.2) is 0 Å².